The van der Waals surface area contributed by atoms with Crippen LogP contribution in [0.5, 0.6) is 0 Å². The van der Waals surface area contributed by atoms with Gasteiger partial charge in [0.25, 0.3) is 0 Å². The molecule has 0 aliphatic carbocycles. The van der Waals surface area contributed by atoms with Gasteiger partial charge in [0.05, 0.1) is 0 Å². The standard InChI is InChI=1S/C11H20NO2.Rh/c1-7-10(14)12(6)8(2)11(4,5)9(3)13;/h7H2,1-6H3;/q-1;. The van der Waals surface area contributed by atoms with Crippen LogP contribution < -0.4 is 0 Å². The van der Waals surface area contributed by atoms with E-state index in [2.05, 4.69) is 0 Å². The predicted molar refractivity (Wildman–Crippen MR) is 56.4 cm³/mol. The summed E-state index contributed by atoms with van der Waals surface area (Å²) in [5.41, 5.74) is -0.556. The molecule has 0 aromatic rings. The molecule has 0 N–H and O–H groups in total. The van der Waals surface area contributed by atoms with Gasteiger partial charge in [0.2, 0.25) is 0 Å². The van der Waals surface area contributed by atoms with Gasteiger partial charge in [-0.05, 0) is 14.0 Å². The van der Waals surface area contributed by atoms with Crippen LogP contribution >= 0.6 is 0 Å². The third-order valence-electron chi connectivity index (χ3n) is 2.96. The largest absolute Gasteiger partial charge is 0.492 e. The average Bonchev–Trinajstić information content (AvgIpc) is 2.13. The van der Waals surface area contributed by atoms with Gasteiger partial charge in [-0.3, -0.25) is 4.79 Å². The van der Waals surface area contributed by atoms with Gasteiger partial charge >= 0.3 is 0 Å². The molecular weight excluding hydrogens is 281 g/mol. The van der Waals surface area contributed by atoms with Crippen molar-refractivity contribution in [2.24, 2.45) is 5.41 Å². The monoisotopic (exact) mass is 301 g/mol. The van der Waals surface area contributed by atoms with Crippen LogP contribution in [0.1, 0.15) is 41.0 Å². The van der Waals surface area contributed by atoms with E-state index in [1.54, 1.807) is 18.9 Å². The van der Waals surface area contributed by atoms with E-state index >= 15 is 0 Å². The zero-order valence-corrected chi connectivity index (χ0v) is 11.9. The van der Waals surface area contributed by atoms with Gasteiger partial charge in [-0.25, -0.2) is 6.04 Å². The molecule has 3 nitrogen and oxygen atoms in total. The van der Waals surface area contributed by atoms with Crippen LogP contribution in [0.2, 0.25) is 0 Å². The SMILES string of the molecule is CCC(=O)N(C)[C-](C)C(C)(C)C(C)=O.[Rh]. The molecule has 0 aliphatic rings. The molecule has 0 rings (SSSR count). The third-order valence-corrected chi connectivity index (χ3v) is 2.96. The Morgan fingerprint density at radius 1 is 1.33 bits per heavy atom. The molecule has 15 heavy (non-hydrogen) atoms. The summed E-state index contributed by atoms with van der Waals surface area (Å²) in [7, 11) is 1.71. The molecule has 0 aliphatic heterocycles. The van der Waals surface area contributed by atoms with Crippen molar-refractivity contribution < 1.29 is 29.1 Å². The van der Waals surface area contributed by atoms with Gasteiger partial charge in [-0.1, -0.05) is 26.2 Å². The topological polar surface area (TPSA) is 37.4 Å². The van der Waals surface area contributed by atoms with Crippen molar-refractivity contribution >= 4 is 11.7 Å². The Morgan fingerprint density at radius 2 is 1.73 bits per heavy atom. The van der Waals surface area contributed by atoms with E-state index in [-0.39, 0.29) is 31.2 Å². The number of carbonyl (C=O) groups is 2. The Hall–Kier alpha value is -0.237. The summed E-state index contributed by atoms with van der Waals surface area (Å²) < 4.78 is 0. The van der Waals surface area contributed by atoms with Crippen LogP contribution in [0.25, 0.3) is 0 Å². The Kier molecular flexibility index (Phi) is 7.29. The molecule has 0 aromatic heterocycles. The number of nitrogens with zero attached hydrogens (tertiary/aromatic N) is 1. The molecule has 0 heterocycles. The van der Waals surface area contributed by atoms with Crippen molar-refractivity contribution in [3.05, 3.63) is 6.04 Å². The number of rotatable bonds is 4. The predicted octanol–water partition coefficient (Wildman–Crippen LogP) is 2.02. The van der Waals surface area contributed by atoms with E-state index in [0.29, 0.717) is 6.42 Å². The minimum Gasteiger partial charge on any atom is -0.492 e. The fraction of sp³-hybridized carbons (Fsp3) is 0.727. The van der Waals surface area contributed by atoms with Crippen molar-refractivity contribution in [3.8, 4) is 0 Å². The Labute approximate surface area is 105 Å². The van der Waals surface area contributed by atoms with Gasteiger partial charge in [0, 0.05) is 25.9 Å². The first-order valence-corrected chi connectivity index (χ1v) is 4.86. The zero-order valence-electron chi connectivity index (χ0n) is 10.3. The summed E-state index contributed by atoms with van der Waals surface area (Å²) in [5.74, 6) is 0.113. The van der Waals surface area contributed by atoms with Crippen molar-refractivity contribution in [1.29, 1.82) is 0 Å². The fourth-order valence-electron chi connectivity index (χ4n) is 1.10. The quantitative estimate of drug-likeness (QED) is 0.588. The molecule has 4 heteroatoms. The van der Waals surface area contributed by atoms with Crippen molar-refractivity contribution in [1.82, 2.24) is 4.90 Å². The second-order valence-corrected chi connectivity index (χ2v) is 4.07. The number of amides is 1. The molecular formula is C11H20NO2Rh-. The molecule has 0 bridgehead atoms. The summed E-state index contributed by atoms with van der Waals surface area (Å²) in [6.07, 6.45) is 0.460. The van der Waals surface area contributed by atoms with E-state index in [9.17, 15) is 9.59 Å². The van der Waals surface area contributed by atoms with Crippen molar-refractivity contribution in [2.75, 3.05) is 7.05 Å². The fourth-order valence-corrected chi connectivity index (χ4v) is 1.10. The number of Topliss-reactive ketones (excluding diaryl/α,β-unsaturated/α-hetero) is 1. The van der Waals surface area contributed by atoms with Gasteiger partial charge < -0.3 is 9.69 Å². The Bertz CT molecular complexity index is 239. The van der Waals surface area contributed by atoms with Crippen LogP contribution in [-0.2, 0) is 29.1 Å². The van der Waals surface area contributed by atoms with Crippen LogP contribution in [0.4, 0.5) is 0 Å². The Morgan fingerprint density at radius 3 is 2.00 bits per heavy atom. The molecule has 0 saturated heterocycles. The normalized spacial score (nSPS) is 10.9. The number of carbonyl (C=O) groups excluding carboxylic acids is 2. The van der Waals surface area contributed by atoms with Gasteiger partial charge in [-0.2, -0.15) is 6.92 Å². The molecule has 0 spiro atoms. The molecule has 0 atom stereocenters. The molecule has 0 fully saturated rings. The summed E-state index contributed by atoms with van der Waals surface area (Å²) >= 11 is 0. The van der Waals surface area contributed by atoms with Crippen molar-refractivity contribution in [2.45, 2.75) is 41.0 Å². The molecule has 0 unspecified atom stereocenters. The average molecular weight is 301 g/mol. The maximum absolute atomic E-state index is 11.4. The van der Waals surface area contributed by atoms with E-state index in [0.717, 1.165) is 6.04 Å². The molecule has 91 valence electrons. The molecule has 0 aromatic carbocycles. The zero-order chi connectivity index (χ0) is 11.5. The Balaban J connectivity index is 0. The molecule has 1 radical (unpaired) electrons. The van der Waals surface area contributed by atoms with Gasteiger partial charge in [-0.15, -0.1) is 0 Å². The van der Waals surface area contributed by atoms with Gasteiger partial charge in [0.15, 0.2) is 5.91 Å². The maximum Gasteiger partial charge on any atom is 0.193 e. The van der Waals surface area contributed by atoms with Crippen molar-refractivity contribution in [3.63, 3.8) is 0 Å². The molecule has 1 amide bonds. The summed E-state index contributed by atoms with van der Waals surface area (Å²) in [5, 5.41) is 0. The van der Waals surface area contributed by atoms with Crippen LogP contribution in [0, 0.1) is 11.5 Å². The van der Waals surface area contributed by atoms with E-state index in [4.69, 9.17) is 0 Å². The summed E-state index contributed by atoms with van der Waals surface area (Å²) in [6.45, 7) is 8.86. The number of hydrogen-bond donors (Lipinski definition) is 0. The first-order chi connectivity index (χ1) is 6.25. The second-order valence-electron chi connectivity index (χ2n) is 4.07. The number of hydrogen-bond acceptors (Lipinski definition) is 2. The van der Waals surface area contributed by atoms with E-state index < -0.39 is 5.41 Å². The molecule has 0 saturated carbocycles. The minimum absolute atomic E-state index is 0. The first kappa shape index (κ1) is 17.2. The van der Waals surface area contributed by atoms with E-state index in [1.807, 2.05) is 27.7 Å². The van der Waals surface area contributed by atoms with Crippen LogP contribution in [0.3, 0.4) is 0 Å². The maximum atomic E-state index is 11.4. The second kappa shape index (κ2) is 6.37. The van der Waals surface area contributed by atoms with Crippen LogP contribution in [0.15, 0.2) is 0 Å². The third kappa shape index (κ3) is 4.02. The summed E-state index contributed by atoms with van der Waals surface area (Å²) in [4.78, 5) is 24.4. The first-order valence-electron chi connectivity index (χ1n) is 4.86. The smallest absolute Gasteiger partial charge is 0.193 e. The van der Waals surface area contributed by atoms with Crippen LogP contribution in [-0.4, -0.2) is 23.6 Å². The minimum atomic E-state index is -0.556. The number of ketones is 1. The van der Waals surface area contributed by atoms with Gasteiger partial charge in [0.1, 0.15) is 5.78 Å². The van der Waals surface area contributed by atoms with E-state index in [1.165, 1.54) is 0 Å². The summed E-state index contributed by atoms with van der Waals surface area (Å²) in [6, 6.07) is 0.803.